The Hall–Kier alpha value is -2.38. The van der Waals surface area contributed by atoms with E-state index in [1.165, 1.54) is 24.3 Å². The summed E-state index contributed by atoms with van der Waals surface area (Å²) < 4.78 is 35.8. The molecule has 0 radical (unpaired) electrons. The number of rotatable bonds is 5. The fourth-order valence-corrected chi connectivity index (χ4v) is 1.23. The fraction of sp³-hybridized carbons (Fsp3) is 0.250. The van der Waals surface area contributed by atoms with Gasteiger partial charge in [-0.3, -0.25) is 4.79 Å². The maximum atomic E-state index is 11.9. The molecule has 0 atom stereocenters. The van der Waals surface area contributed by atoms with Gasteiger partial charge < -0.3 is 10.4 Å². The Morgan fingerprint density at radius 1 is 1.35 bits per heavy atom. The van der Waals surface area contributed by atoms with Gasteiger partial charge in [0.05, 0.1) is 12.1 Å². The van der Waals surface area contributed by atoms with Gasteiger partial charge >= 0.3 is 12.1 Å². The lowest BCUT2D eigenvalue weighted by atomic mass is 10.3. The van der Waals surface area contributed by atoms with E-state index in [4.69, 9.17) is 5.11 Å². The van der Waals surface area contributed by atoms with E-state index in [1.807, 2.05) is 0 Å². The van der Waals surface area contributed by atoms with E-state index in [1.54, 1.807) is 0 Å². The highest BCUT2D eigenvalue weighted by molar-refractivity contribution is 5.90. The molecule has 5 nitrogen and oxygen atoms in total. The Labute approximate surface area is 112 Å². The standard InChI is InChI=1S/C12H11F3N2O3/c13-12(14,15)7-6-10(18)17-9-3-1-2-8(16-9)4-5-11(19)20/h1-5H,6-7H2,(H,19,20)(H,16,17,18). The van der Waals surface area contributed by atoms with Gasteiger partial charge in [0.2, 0.25) is 5.91 Å². The van der Waals surface area contributed by atoms with Gasteiger partial charge in [-0.05, 0) is 18.2 Å². The van der Waals surface area contributed by atoms with Crippen LogP contribution in [0.25, 0.3) is 6.08 Å². The number of nitrogens with zero attached hydrogens (tertiary/aromatic N) is 1. The predicted octanol–water partition coefficient (Wildman–Crippen LogP) is 2.46. The first-order valence-corrected chi connectivity index (χ1v) is 5.51. The molecule has 2 N–H and O–H groups in total. The Bertz CT molecular complexity index is 527. The first kappa shape index (κ1) is 15.7. The molecule has 1 heterocycles. The highest BCUT2D eigenvalue weighted by atomic mass is 19.4. The monoisotopic (exact) mass is 288 g/mol. The molecule has 1 aromatic heterocycles. The number of pyridine rings is 1. The van der Waals surface area contributed by atoms with E-state index in [0.29, 0.717) is 0 Å². The number of halogens is 3. The summed E-state index contributed by atoms with van der Waals surface area (Å²) in [5.74, 6) is -1.91. The van der Waals surface area contributed by atoms with E-state index in [-0.39, 0.29) is 11.5 Å². The van der Waals surface area contributed by atoms with Crippen LogP contribution in [-0.2, 0) is 9.59 Å². The van der Waals surface area contributed by atoms with Gasteiger partial charge in [0.1, 0.15) is 5.82 Å². The average Bonchev–Trinajstić information content (AvgIpc) is 2.34. The van der Waals surface area contributed by atoms with Crippen LogP contribution in [0.2, 0.25) is 0 Å². The Morgan fingerprint density at radius 2 is 2.05 bits per heavy atom. The molecule has 1 aromatic rings. The molecule has 0 unspecified atom stereocenters. The molecule has 1 amide bonds. The molecule has 0 spiro atoms. The Kier molecular flexibility index (Phi) is 5.24. The van der Waals surface area contributed by atoms with Crippen LogP contribution >= 0.6 is 0 Å². The van der Waals surface area contributed by atoms with E-state index in [0.717, 1.165) is 6.08 Å². The number of hydrogen-bond acceptors (Lipinski definition) is 3. The van der Waals surface area contributed by atoms with Gasteiger partial charge in [0.25, 0.3) is 0 Å². The van der Waals surface area contributed by atoms with Gasteiger partial charge in [-0.15, -0.1) is 0 Å². The largest absolute Gasteiger partial charge is 0.478 e. The van der Waals surface area contributed by atoms with Gasteiger partial charge in [-0.2, -0.15) is 13.2 Å². The van der Waals surface area contributed by atoms with Crippen molar-refractivity contribution in [3.05, 3.63) is 30.0 Å². The van der Waals surface area contributed by atoms with E-state index >= 15 is 0 Å². The summed E-state index contributed by atoms with van der Waals surface area (Å²) >= 11 is 0. The number of amides is 1. The molecule has 1 rings (SSSR count). The van der Waals surface area contributed by atoms with Crippen molar-refractivity contribution in [2.24, 2.45) is 0 Å². The fourth-order valence-electron chi connectivity index (χ4n) is 1.23. The lowest BCUT2D eigenvalue weighted by Gasteiger charge is -2.07. The number of carbonyl (C=O) groups excluding carboxylic acids is 1. The summed E-state index contributed by atoms with van der Waals surface area (Å²) in [4.78, 5) is 25.5. The normalized spacial score (nSPS) is 11.6. The van der Waals surface area contributed by atoms with Crippen LogP contribution in [0, 0.1) is 0 Å². The van der Waals surface area contributed by atoms with E-state index < -0.39 is 30.9 Å². The molecule has 0 saturated carbocycles. The average molecular weight is 288 g/mol. The quantitative estimate of drug-likeness (QED) is 0.816. The number of aromatic nitrogens is 1. The number of carboxylic acids is 1. The molecule has 0 saturated heterocycles. The summed E-state index contributed by atoms with van der Waals surface area (Å²) in [6.45, 7) is 0. The summed E-state index contributed by atoms with van der Waals surface area (Å²) in [5.41, 5.74) is 0.265. The lowest BCUT2D eigenvalue weighted by molar-refractivity contribution is -0.142. The van der Waals surface area contributed by atoms with Crippen LogP contribution in [0.3, 0.4) is 0 Å². The summed E-state index contributed by atoms with van der Waals surface area (Å²) in [7, 11) is 0. The van der Waals surface area contributed by atoms with Crippen molar-refractivity contribution in [2.75, 3.05) is 5.32 Å². The maximum absolute atomic E-state index is 11.9. The molecule has 0 aromatic carbocycles. The van der Waals surface area contributed by atoms with Crippen molar-refractivity contribution < 1.29 is 27.9 Å². The van der Waals surface area contributed by atoms with Crippen LogP contribution in [-0.4, -0.2) is 28.1 Å². The summed E-state index contributed by atoms with van der Waals surface area (Å²) in [6, 6.07) is 4.38. The number of alkyl halides is 3. The summed E-state index contributed by atoms with van der Waals surface area (Å²) in [5, 5.41) is 10.7. The second-order valence-electron chi connectivity index (χ2n) is 3.78. The number of carbonyl (C=O) groups is 2. The van der Waals surface area contributed by atoms with Gasteiger partial charge in [0, 0.05) is 12.5 Å². The SMILES string of the molecule is O=C(O)C=Cc1cccc(NC(=O)CCC(F)(F)F)n1. The molecule has 108 valence electrons. The first-order chi connectivity index (χ1) is 9.26. The molecule has 0 aliphatic rings. The van der Waals surface area contributed by atoms with Gasteiger partial charge in [0.15, 0.2) is 0 Å². The third-order valence-electron chi connectivity index (χ3n) is 2.07. The molecule has 0 fully saturated rings. The zero-order valence-corrected chi connectivity index (χ0v) is 10.1. The molecule has 0 aliphatic carbocycles. The number of carboxylic acid groups (broad SMARTS) is 1. The van der Waals surface area contributed by atoms with Crippen molar-refractivity contribution in [3.8, 4) is 0 Å². The lowest BCUT2D eigenvalue weighted by Crippen LogP contribution is -2.17. The number of aliphatic carboxylic acids is 1. The van der Waals surface area contributed by atoms with Crippen LogP contribution < -0.4 is 5.32 Å². The van der Waals surface area contributed by atoms with Gasteiger partial charge in [-0.1, -0.05) is 6.07 Å². The zero-order chi connectivity index (χ0) is 15.2. The van der Waals surface area contributed by atoms with E-state index in [2.05, 4.69) is 10.3 Å². The highest BCUT2D eigenvalue weighted by Crippen LogP contribution is 2.21. The second kappa shape index (κ2) is 6.69. The maximum Gasteiger partial charge on any atom is 0.389 e. The minimum Gasteiger partial charge on any atom is -0.478 e. The first-order valence-electron chi connectivity index (χ1n) is 5.51. The van der Waals surface area contributed by atoms with Crippen molar-refractivity contribution >= 4 is 23.8 Å². The minimum atomic E-state index is -4.39. The third kappa shape index (κ3) is 6.53. The number of nitrogens with one attached hydrogen (secondary N) is 1. The van der Waals surface area contributed by atoms with E-state index in [9.17, 15) is 22.8 Å². The number of anilines is 1. The van der Waals surface area contributed by atoms with Crippen molar-refractivity contribution in [3.63, 3.8) is 0 Å². The highest BCUT2D eigenvalue weighted by Gasteiger charge is 2.27. The van der Waals surface area contributed by atoms with Crippen LogP contribution in [0.1, 0.15) is 18.5 Å². The van der Waals surface area contributed by atoms with Crippen molar-refractivity contribution in [1.82, 2.24) is 4.98 Å². The minimum absolute atomic E-state index is 0.0599. The van der Waals surface area contributed by atoms with Gasteiger partial charge in [-0.25, -0.2) is 9.78 Å². The summed E-state index contributed by atoms with van der Waals surface area (Å²) in [6.07, 6.45) is -4.24. The molecular formula is C12H11F3N2O3. The predicted molar refractivity (Wildman–Crippen MR) is 64.8 cm³/mol. The molecule has 0 bridgehead atoms. The van der Waals surface area contributed by atoms with Crippen molar-refractivity contribution in [2.45, 2.75) is 19.0 Å². The third-order valence-corrected chi connectivity index (χ3v) is 2.07. The smallest absolute Gasteiger partial charge is 0.389 e. The van der Waals surface area contributed by atoms with Crippen LogP contribution in [0.15, 0.2) is 24.3 Å². The van der Waals surface area contributed by atoms with Crippen LogP contribution in [0.5, 0.6) is 0 Å². The molecule has 8 heteroatoms. The zero-order valence-electron chi connectivity index (χ0n) is 10.1. The van der Waals surface area contributed by atoms with Crippen LogP contribution in [0.4, 0.5) is 19.0 Å². The molecule has 0 aliphatic heterocycles. The van der Waals surface area contributed by atoms with Crippen molar-refractivity contribution in [1.29, 1.82) is 0 Å². The topological polar surface area (TPSA) is 79.3 Å². The molecular weight excluding hydrogens is 277 g/mol. The molecule has 20 heavy (non-hydrogen) atoms. The Morgan fingerprint density at radius 3 is 2.65 bits per heavy atom. The number of hydrogen-bond donors (Lipinski definition) is 2. The Balaban J connectivity index is 2.62. The second-order valence-corrected chi connectivity index (χ2v) is 3.78.